The van der Waals surface area contributed by atoms with Crippen LogP contribution < -0.4 is 10.6 Å². The van der Waals surface area contributed by atoms with Crippen LogP contribution in [0.4, 0.5) is 22.4 Å². The molecule has 6 nitrogen and oxygen atoms in total. The molecule has 0 unspecified atom stereocenters. The Morgan fingerprint density at radius 1 is 1.40 bits per heavy atom. The van der Waals surface area contributed by atoms with Crippen LogP contribution in [0, 0.1) is 0 Å². The van der Waals surface area contributed by atoms with Gasteiger partial charge in [-0.3, -0.25) is 0 Å². The second-order valence-electron chi connectivity index (χ2n) is 3.53. The Hall–Kier alpha value is -1.91. The van der Waals surface area contributed by atoms with Crippen LogP contribution in [0.2, 0.25) is 0 Å². The zero-order valence-electron chi connectivity index (χ0n) is 9.70. The lowest BCUT2D eigenvalue weighted by atomic mass is 10.3. The highest BCUT2D eigenvalue weighted by Crippen LogP contribution is 2.21. The highest BCUT2D eigenvalue weighted by molar-refractivity contribution is 7.09. The largest absolute Gasteiger partial charge is 0.476 e. The van der Waals surface area contributed by atoms with Crippen molar-refractivity contribution in [3.63, 3.8) is 0 Å². The number of aromatic carboxylic acids is 1. The second kappa shape index (κ2) is 6.50. The molecule has 0 saturated carbocycles. The van der Waals surface area contributed by atoms with Crippen molar-refractivity contribution in [3.05, 3.63) is 16.1 Å². The van der Waals surface area contributed by atoms with E-state index >= 15 is 0 Å². The molecule has 0 saturated heterocycles. The van der Waals surface area contributed by atoms with Gasteiger partial charge in [-0.15, -0.1) is 11.3 Å². The van der Waals surface area contributed by atoms with E-state index in [4.69, 9.17) is 5.11 Å². The maximum atomic E-state index is 12.5. The minimum atomic E-state index is -4.31. The number of amides is 2. The third-order valence-electron chi connectivity index (χ3n) is 1.97. The first-order valence-electron chi connectivity index (χ1n) is 5.07. The van der Waals surface area contributed by atoms with Gasteiger partial charge in [-0.25, -0.2) is 23.4 Å². The summed E-state index contributed by atoms with van der Waals surface area (Å²) in [5.74, 6) is -5.55. The van der Waals surface area contributed by atoms with Gasteiger partial charge >= 0.3 is 24.3 Å². The van der Waals surface area contributed by atoms with Crippen molar-refractivity contribution >= 4 is 23.3 Å². The first-order valence-corrected chi connectivity index (χ1v) is 5.95. The normalized spacial score (nSPS) is 11.4. The molecule has 0 radical (unpaired) electrons. The smallest absolute Gasteiger partial charge is 0.355 e. The van der Waals surface area contributed by atoms with Gasteiger partial charge < -0.3 is 15.7 Å². The maximum Gasteiger partial charge on any atom is 0.355 e. The highest BCUT2D eigenvalue weighted by atomic mass is 32.1. The minimum absolute atomic E-state index is 0.204. The topological polar surface area (TPSA) is 91.3 Å². The van der Waals surface area contributed by atoms with E-state index in [-0.39, 0.29) is 17.2 Å². The van der Waals surface area contributed by atoms with Gasteiger partial charge in [0, 0.05) is 5.38 Å². The number of carboxylic acids is 1. The summed E-state index contributed by atoms with van der Waals surface area (Å²) in [6, 6.07) is -1.09. The molecule has 11 heteroatoms. The third-order valence-corrected chi connectivity index (χ3v) is 2.82. The number of nitrogens with one attached hydrogen (secondary N) is 2. The van der Waals surface area contributed by atoms with Crippen LogP contribution in [-0.2, 0) is 6.54 Å². The molecule has 0 aliphatic carbocycles. The lowest BCUT2D eigenvalue weighted by Crippen LogP contribution is -2.45. The molecule has 1 rings (SSSR count). The van der Waals surface area contributed by atoms with E-state index in [9.17, 15) is 27.2 Å². The van der Waals surface area contributed by atoms with Gasteiger partial charge in [0.1, 0.15) is 5.01 Å². The van der Waals surface area contributed by atoms with Gasteiger partial charge in [0.15, 0.2) is 5.69 Å². The number of hydrogen-bond acceptors (Lipinski definition) is 4. The average Bonchev–Trinajstić information content (AvgIpc) is 2.82. The van der Waals surface area contributed by atoms with Gasteiger partial charge in [-0.1, -0.05) is 0 Å². The summed E-state index contributed by atoms with van der Waals surface area (Å²) in [4.78, 5) is 25.2. The molecule has 0 atom stereocenters. The molecule has 1 aromatic heterocycles. The van der Waals surface area contributed by atoms with Crippen LogP contribution in [0.15, 0.2) is 5.38 Å². The summed E-state index contributed by atoms with van der Waals surface area (Å²) < 4.78 is 48.6. The first kappa shape index (κ1) is 16.1. The molecule has 20 heavy (non-hydrogen) atoms. The van der Waals surface area contributed by atoms with Gasteiger partial charge in [0.25, 0.3) is 0 Å². The highest BCUT2D eigenvalue weighted by Gasteiger charge is 2.40. The molecular formula is C9H9F4N3O3S. The molecule has 0 spiro atoms. The zero-order valence-corrected chi connectivity index (χ0v) is 10.5. The Bertz CT molecular complexity index is 495. The Balaban J connectivity index is 2.38. The maximum absolute atomic E-state index is 12.5. The van der Waals surface area contributed by atoms with Gasteiger partial charge in [0.05, 0.1) is 13.1 Å². The van der Waals surface area contributed by atoms with E-state index < -0.39 is 30.9 Å². The molecular weight excluding hydrogens is 306 g/mol. The van der Waals surface area contributed by atoms with Crippen LogP contribution in [0.1, 0.15) is 15.5 Å². The number of hydrogen-bond donors (Lipinski definition) is 3. The van der Waals surface area contributed by atoms with Gasteiger partial charge in [0.2, 0.25) is 0 Å². The molecule has 0 aliphatic heterocycles. The molecule has 0 fully saturated rings. The summed E-state index contributed by atoms with van der Waals surface area (Å²) in [6.07, 6.45) is -3.88. The van der Waals surface area contributed by atoms with E-state index in [1.54, 1.807) is 5.32 Å². The van der Waals surface area contributed by atoms with E-state index in [0.29, 0.717) is 0 Å². The minimum Gasteiger partial charge on any atom is -0.476 e. The zero-order chi connectivity index (χ0) is 15.3. The molecule has 1 aromatic rings. The lowest BCUT2D eigenvalue weighted by Gasteiger charge is -2.15. The van der Waals surface area contributed by atoms with Gasteiger partial charge in [-0.05, 0) is 0 Å². The van der Waals surface area contributed by atoms with E-state index in [0.717, 1.165) is 11.3 Å². The van der Waals surface area contributed by atoms with Crippen molar-refractivity contribution in [1.29, 1.82) is 0 Å². The monoisotopic (exact) mass is 315 g/mol. The number of carboxylic acid groups (broad SMARTS) is 1. The van der Waals surface area contributed by atoms with Gasteiger partial charge in [-0.2, -0.15) is 8.78 Å². The van der Waals surface area contributed by atoms with Crippen LogP contribution in [0.3, 0.4) is 0 Å². The predicted octanol–water partition coefficient (Wildman–Crippen LogP) is 1.54. The fourth-order valence-corrected chi connectivity index (χ4v) is 1.69. The van der Waals surface area contributed by atoms with Crippen molar-refractivity contribution < 1.29 is 32.3 Å². The summed E-state index contributed by atoms with van der Waals surface area (Å²) in [6.45, 7) is -1.71. The van der Waals surface area contributed by atoms with Crippen molar-refractivity contribution in [2.24, 2.45) is 0 Å². The number of carbonyl (C=O) groups is 2. The molecule has 0 bridgehead atoms. The average molecular weight is 315 g/mol. The van der Waals surface area contributed by atoms with Crippen molar-refractivity contribution in [3.8, 4) is 0 Å². The Kier molecular flexibility index (Phi) is 5.25. The molecule has 0 aliphatic rings. The standard InChI is InChI=1S/C9H9F4N3O3S/c10-7(11)9(12,13)3-15-8(19)14-1-5-16-4(2-20-5)6(17)18/h2,7H,1,3H2,(H,17,18)(H2,14,15,19). The summed E-state index contributed by atoms with van der Waals surface area (Å²) in [5.41, 5.74) is -0.212. The Labute approximate surface area is 113 Å². The molecule has 112 valence electrons. The Morgan fingerprint density at radius 2 is 2.05 bits per heavy atom. The molecule has 1 heterocycles. The Morgan fingerprint density at radius 3 is 2.55 bits per heavy atom. The second-order valence-corrected chi connectivity index (χ2v) is 4.47. The van der Waals surface area contributed by atoms with Crippen molar-refractivity contribution in [1.82, 2.24) is 15.6 Å². The van der Waals surface area contributed by atoms with Crippen LogP contribution >= 0.6 is 11.3 Å². The van der Waals surface area contributed by atoms with E-state index in [1.165, 1.54) is 5.38 Å². The number of nitrogens with zero attached hydrogens (tertiary/aromatic N) is 1. The number of urea groups is 1. The summed E-state index contributed by atoms with van der Waals surface area (Å²) in [7, 11) is 0. The van der Waals surface area contributed by atoms with Crippen molar-refractivity contribution in [2.45, 2.75) is 18.9 Å². The third kappa shape index (κ3) is 4.64. The van der Waals surface area contributed by atoms with E-state index in [2.05, 4.69) is 10.3 Å². The quantitative estimate of drug-likeness (QED) is 0.695. The summed E-state index contributed by atoms with van der Waals surface area (Å²) >= 11 is 0.946. The van der Waals surface area contributed by atoms with Crippen LogP contribution in [-0.4, -0.2) is 41.0 Å². The van der Waals surface area contributed by atoms with Crippen LogP contribution in [0.5, 0.6) is 0 Å². The van der Waals surface area contributed by atoms with Crippen LogP contribution in [0.25, 0.3) is 0 Å². The van der Waals surface area contributed by atoms with E-state index in [1.807, 2.05) is 0 Å². The number of rotatable bonds is 6. The SMILES string of the molecule is O=C(NCc1nc(C(=O)O)cs1)NCC(F)(F)C(F)F. The fourth-order valence-electron chi connectivity index (χ4n) is 0.984. The number of thiazole rings is 1. The number of alkyl halides is 4. The summed E-state index contributed by atoms with van der Waals surface area (Å²) in [5, 5.41) is 13.7. The molecule has 2 amide bonds. The molecule has 3 N–H and O–H groups in total. The predicted molar refractivity (Wildman–Crippen MR) is 60.3 cm³/mol. The number of aromatic nitrogens is 1. The number of carbonyl (C=O) groups excluding carboxylic acids is 1. The molecule has 0 aromatic carbocycles. The lowest BCUT2D eigenvalue weighted by molar-refractivity contribution is -0.123. The number of halogens is 4. The van der Waals surface area contributed by atoms with Crippen molar-refractivity contribution in [2.75, 3.05) is 6.54 Å². The fraction of sp³-hybridized carbons (Fsp3) is 0.444. The first-order chi connectivity index (χ1) is 9.22.